The first-order chi connectivity index (χ1) is 8.86. The van der Waals surface area contributed by atoms with Gasteiger partial charge < -0.3 is 5.32 Å². The van der Waals surface area contributed by atoms with E-state index in [1.807, 2.05) is 12.1 Å². The van der Waals surface area contributed by atoms with Crippen LogP contribution in [0.4, 0.5) is 0 Å². The Kier molecular flexibility index (Phi) is 3.00. The summed E-state index contributed by atoms with van der Waals surface area (Å²) in [5.74, 6) is 0.686. The minimum atomic E-state index is 0.686. The monoisotopic (exact) mass is 236 g/mol. The van der Waals surface area contributed by atoms with Gasteiger partial charge in [-0.3, -0.25) is 0 Å². The van der Waals surface area contributed by atoms with Crippen LogP contribution in [0.25, 0.3) is 10.8 Å². The van der Waals surface area contributed by atoms with Crippen molar-refractivity contribution >= 4 is 10.8 Å². The normalized spacial score (nSPS) is 16.6. The summed E-state index contributed by atoms with van der Waals surface area (Å²) in [5.41, 5.74) is 2.17. The largest absolute Gasteiger partial charge is 0.317 e. The second-order valence-corrected chi connectivity index (χ2v) is 4.96. The lowest BCUT2D eigenvalue weighted by molar-refractivity contribution is 0.460. The maximum atomic E-state index is 8.90. The molecule has 1 aliphatic heterocycles. The van der Waals surface area contributed by atoms with Crippen LogP contribution in [0.3, 0.4) is 0 Å². The summed E-state index contributed by atoms with van der Waals surface area (Å²) in [6.45, 7) is 2.24. The van der Waals surface area contributed by atoms with Crippen LogP contribution in [0, 0.1) is 11.3 Å². The predicted molar refractivity (Wildman–Crippen MR) is 73.5 cm³/mol. The first-order valence-electron chi connectivity index (χ1n) is 6.51. The lowest BCUT2D eigenvalue weighted by Crippen LogP contribution is -2.26. The molecule has 1 N–H and O–H groups in total. The van der Waals surface area contributed by atoms with Gasteiger partial charge in [0.1, 0.15) is 0 Å². The Labute approximate surface area is 107 Å². The maximum Gasteiger partial charge on any atom is 0.0991 e. The van der Waals surface area contributed by atoms with Gasteiger partial charge in [0, 0.05) is 0 Å². The molecular weight excluding hydrogens is 220 g/mol. The summed E-state index contributed by atoms with van der Waals surface area (Å²) in [6, 6.07) is 14.8. The smallest absolute Gasteiger partial charge is 0.0991 e. The van der Waals surface area contributed by atoms with E-state index in [-0.39, 0.29) is 0 Å². The van der Waals surface area contributed by atoms with Crippen molar-refractivity contribution in [1.82, 2.24) is 5.32 Å². The van der Waals surface area contributed by atoms with Crippen LogP contribution in [0.5, 0.6) is 0 Å². The molecule has 90 valence electrons. The van der Waals surface area contributed by atoms with Gasteiger partial charge in [0.05, 0.1) is 11.6 Å². The zero-order chi connectivity index (χ0) is 12.4. The Hall–Kier alpha value is -1.85. The van der Waals surface area contributed by atoms with Gasteiger partial charge in [-0.25, -0.2) is 0 Å². The minimum Gasteiger partial charge on any atom is -0.317 e. The highest BCUT2D eigenvalue weighted by molar-refractivity contribution is 5.84. The van der Waals surface area contributed by atoms with Crippen molar-refractivity contribution in [3.8, 4) is 6.07 Å². The van der Waals surface area contributed by atoms with Crippen molar-refractivity contribution in [2.45, 2.75) is 18.8 Å². The van der Waals surface area contributed by atoms with E-state index in [1.165, 1.54) is 23.8 Å². The zero-order valence-electron chi connectivity index (χ0n) is 10.3. The van der Waals surface area contributed by atoms with Gasteiger partial charge >= 0.3 is 0 Å². The molecule has 1 fully saturated rings. The second-order valence-electron chi connectivity index (χ2n) is 4.96. The fourth-order valence-electron chi connectivity index (χ4n) is 2.74. The molecule has 0 aromatic heterocycles. The zero-order valence-corrected chi connectivity index (χ0v) is 10.3. The third-order valence-corrected chi connectivity index (χ3v) is 3.80. The summed E-state index contributed by atoms with van der Waals surface area (Å²) in [6.07, 6.45) is 2.45. The molecule has 0 radical (unpaired) electrons. The van der Waals surface area contributed by atoms with E-state index in [0.29, 0.717) is 5.92 Å². The van der Waals surface area contributed by atoms with Gasteiger partial charge in [-0.1, -0.05) is 24.3 Å². The minimum absolute atomic E-state index is 0.686. The highest BCUT2D eigenvalue weighted by Gasteiger charge is 2.15. The van der Waals surface area contributed by atoms with E-state index < -0.39 is 0 Å². The molecule has 0 spiro atoms. The molecule has 2 nitrogen and oxygen atoms in total. The first-order valence-corrected chi connectivity index (χ1v) is 6.51. The van der Waals surface area contributed by atoms with Crippen LogP contribution >= 0.6 is 0 Å². The summed E-state index contributed by atoms with van der Waals surface area (Å²) in [7, 11) is 0. The highest BCUT2D eigenvalue weighted by Crippen LogP contribution is 2.28. The van der Waals surface area contributed by atoms with Crippen molar-refractivity contribution in [3.63, 3.8) is 0 Å². The molecule has 0 amide bonds. The van der Waals surface area contributed by atoms with E-state index >= 15 is 0 Å². The molecule has 1 saturated heterocycles. The number of nitrogens with one attached hydrogen (secondary N) is 1. The number of hydrogen-bond acceptors (Lipinski definition) is 2. The predicted octanol–water partition coefficient (Wildman–Crippen LogP) is 3.18. The van der Waals surface area contributed by atoms with E-state index in [4.69, 9.17) is 5.26 Å². The second kappa shape index (κ2) is 4.80. The average molecular weight is 236 g/mol. The maximum absolute atomic E-state index is 8.90. The van der Waals surface area contributed by atoms with Crippen LogP contribution in [0.1, 0.15) is 29.9 Å². The van der Waals surface area contributed by atoms with Crippen molar-refractivity contribution in [2.75, 3.05) is 13.1 Å². The highest BCUT2D eigenvalue weighted by atomic mass is 14.9. The molecular formula is C16H16N2. The summed E-state index contributed by atoms with van der Waals surface area (Å²) in [4.78, 5) is 0. The number of hydrogen-bond donors (Lipinski definition) is 1. The molecule has 0 atom stereocenters. The number of piperidine rings is 1. The SMILES string of the molecule is N#Cc1ccc2cc(C3CCNCC3)ccc2c1. The first kappa shape index (κ1) is 11.3. The Balaban J connectivity index is 1.98. The Morgan fingerprint density at radius 2 is 1.72 bits per heavy atom. The number of nitrogens with zero attached hydrogens (tertiary/aromatic N) is 1. The summed E-state index contributed by atoms with van der Waals surface area (Å²) in [5, 5.41) is 14.7. The third-order valence-electron chi connectivity index (χ3n) is 3.80. The van der Waals surface area contributed by atoms with Crippen LogP contribution < -0.4 is 5.32 Å². The molecule has 1 heterocycles. The molecule has 0 aliphatic carbocycles. The third kappa shape index (κ3) is 2.10. The van der Waals surface area contributed by atoms with Gasteiger partial charge in [0.15, 0.2) is 0 Å². The fourth-order valence-corrected chi connectivity index (χ4v) is 2.74. The van der Waals surface area contributed by atoms with E-state index in [0.717, 1.165) is 24.0 Å². The van der Waals surface area contributed by atoms with Crippen molar-refractivity contribution < 1.29 is 0 Å². The number of nitriles is 1. The van der Waals surface area contributed by atoms with Gasteiger partial charge in [-0.05, 0) is 60.3 Å². The van der Waals surface area contributed by atoms with Crippen LogP contribution in [-0.2, 0) is 0 Å². The van der Waals surface area contributed by atoms with Gasteiger partial charge in [0.2, 0.25) is 0 Å². The van der Waals surface area contributed by atoms with Crippen molar-refractivity contribution in [2.24, 2.45) is 0 Å². The number of rotatable bonds is 1. The fraction of sp³-hybridized carbons (Fsp3) is 0.312. The molecule has 0 unspecified atom stereocenters. The number of benzene rings is 2. The Morgan fingerprint density at radius 3 is 2.50 bits per heavy atom. The molecule has 2 aromatic rings. The molecule has 2 heteroatoms. The average Bonchev–Trinajstić information content (AvgIpc) is 2.47. The van der Waals surface area contributed by atoms with Crippen LogP contribution in [0.15, 0.2) is 36.4 Å². The van der Waals surface area contributed by atoms with Crippen molar-refractivity contribution in [3.05, 3.63) is 47.5 Å². The standard InChI is InChI=1S/C16H16N2/c17-11-12-1-2-16-10-15(4-3-14(16)9-12)13-5-7-18-8-6-13/h1-4,9-10,13,18H,5-8H2. The lowest BCUT2D eigenvalue weighted by atomic mass is 9.89. The lowest BCUT2D eigenvalue weighted by Gasteiger charge is -2.23. The molecule has 0 saturated carbocycles. The van der Waals surface area contributed by atoms with Crippen LogP contribution in [-0.4, -0.2) is 13.1 Å². The van der Waals surface area contributed by atoms with Gasteiger partial charge in [0.25, 0.3) is 0 Å². The molecule has 2 aromatic carbocycles. The van der Waals surface area contributed by atoms with E-state index in [1.54, 1.807) is 0 Å². The van der Waals surface area contributed by atoms with Gasteiger partial charge in [-0.15, -0.1) is 0 Å². The summed E-state index contributed by atoms with van der Waals surface area (Å²) < 4.78 is 0. The van der Waals surface area contributed by atoms with E-state index in [9.17, 15) is 0 Å². The van der Waals surface area contributed by atoms with Crippen LogP contribution in [0.2, 0.25) is 0 Å². The van der Waals surface area contributed by atoms with Gasteiger partial charge in [-0.2, -0.15) is 5.26 Å². The quantitative estimate of drug-likeness (QED) is 0.825. The number of fused-ring (bicyclic) bond motifs is 1. The molecule has 3 rings (SSSR count). The molecule has 0 bridgehead atoms. The Morgan fingerprint density at radius 1 is 1.00 bits per heavy atom. The van der Waals surface area contributed by atoms with E-state index in [2.05, 4.69) is 35.7 Å². The molecule has 18 heavy (non-hydrogen) atoms. The summed E-state index contributed by atoms with van der Waals surface area (Å²) >= 11 is 0. The molecule has 1 aliphatic rings. The van der Waals surface area contributed by atoms with Crippen molar-refractivity contribution in [1.29, 1.82) is 5.26 Å². The topological polar surface area (TPSA) is 35.8 Å². The Bertz CT molecular complexity index is 604.